The molecule has 0 spiro atoms. The summed E-state index contributed by atoms with van der Waals surface area (Å²) in [6, 6.07) is 0. The Morgan fingerprint density at radius 3 is 2.82 bits per heavy atom. The maximum absolute atomic E-state index is 5.77. The van der Waals surface area contributed by atoms with Gasteiger partial charge in [-0.3, -0.25) is 4.99 Å². The van der Waals surface area contributed by atoms with Crippen molar-refractivity contribution in [2.24, 2.45) is 4.99 Å². The molecule has 0 aromatic carbocycles. The Labute approximate surface area is 154 Å². The number of aromatic nitrogens is 1. The first-order chi connectivity index (χ1) is 10.0. The normalized spacial score (nSPS) is 21.8. The Bertz CT molecular complexity index is 484. The number of hydrogen-bond donors (Lipinski definition) is 2. The topological polar surface area (TPSA) is 58.5 Å². The summed E-state index contributed by atoms with van der Waals surface area (Å²) in [4.78, 5) is 8.87. The van der Waals surface area contributed by atoms with E-state index in [1.165, 1.54) is 5.01 Å². The molecule has 1 aliphatic rings. The van der Waals surface area contributed by atoms with Crippen LogP contribution in [0.25, 0.3) is 0 Å². The van der Waals surface area contributed by atoms with E-state index in [2.05, 4.69) is 46.8 Å². The summed E-state index contributed by atoms with van der Waals surface area (Å²) in [5.74, 6) is 1.28. The van der Waals surface area contributed by atoms with E-state index in [1.54, 1.807) is 18.4 Å². The third kappa shape index (κ3) is 5.66. The third-order valence-corrected chi connectivity index (χ3v) is 4.85. The lowest BCUT2D eigenvalue weighted by Crippen LogP contribution is -2.45. The number of aliphatic imine (C=N–C) groups is 1. The lowest BCUT2D eigenvalue weighted by Gasteiger charge is -2.24. The van der Waals surface area contributed by atoms with E-state index in [0.29, 0.717) is 12.5 Å². The van der Waals surface area contributed by atoms with Gasteiger partial charge in [-0.1, -0.05) is 13.8 Å². The monoisotopic (exact) mass is 438 g/mol. The highest BCUT2D eigenvalue weighted by Crippen LogP contribution is 2.23. The van der Waals surface area contributed by atoms with Crippen LogP contribution in [0.5, 0.6) is 0 Å². The van der Waals surface area contributed by atoms with E-state index >= 15 is 0 Å². The quantitative estimate of drug-likeness (QED) is 0.422. The van der Waals surface area contributed by atoms with Gasteiger partial charge in [0.05, 0.1) is 22.8 Å². The highest BCUT2D eigenvalue weighted by Gasteiger charge is 2.29. The van der Waals surface area contributed by atoms with Crippen LogP contribution in [0.1, 0.15) is 50.2 Å². The third-order valence-electron chi connectivity index (χ3n) is 3.65. The van der Waals surface area contributed by atoms with Crippen molar-refractivity contribution < 1.29 is 4.74 Å². The van der Waals surface area contributed by atoms with Crippen LogP contribution < -0.4 is 10.6 Å². The van der Waals surface area contributed by atoms with Gasteiger partial charge in [0, 0.05) is 31.5 Å². The number of ether oxygens (including phenoxy) is 1. The van der Waals surface area contributed by atoms with Gasteiger partial charge < -0.3 is 15.4 Å². The van der Waals surface area contributed by atoms with E-state index in [-0.39, 0.29) is 29.6 Å². The lowest BCUT2D eigenvalue weighted by atomic mass is 10.0. The average molecular weight is 438 g/mol. The van der Waals surface area contributed by atoms with Gasteiger partial charge in [0.25, 0.3) is 0 Å². The Morgan fingerprint density at radius 2 is 2.27 bits per heavy atom. The maximum Gasteiger partial charge on any atom is 0.191 e. The molecule has 7 heteroatoms. The summed E-state index contributed by atoms with van der Waals surface area (Å²) in [6.07, 6.45) is 2.24. The summed E-state index contributed by atoms with van der Waals surface area (Å²) >= 11 is 1.72. The first-order valence-electron chi connectivity index (χ1n) is 7.55. The Kier molecular flexibility index (Phi) is 8.06. The van der Waals surface area contributed by atoms with E-state index in [0.717, 1.165) is 37.6 Å². The van der Waals surface area contributed by atoms with E-state index in [1.807, 2.05) is 0 Å². The Balaban J connectivity index is 0.00000242. The lowest BCUT2D eigenvalue weighted by molar-refractivity contribution is 0.0243. The van der Waals surface area contributed by atoms with Crippen LogP contribution in [-0.2, 0) is 11.3 Å². The molecular weight excluding hydrogens is 411 g/mol. The van der Waals surface area contributed by atoms with Crippen LogP contribution in [0.2, 0.25) is 0 Å². The van der Waals surface area contributed by atoms with Gasteiger partial charge >= 0.3 is 0 Å². The molecule has 1 saturated heterocycles. The fraction of sp³-hybridized carbons (Fsp3) is 0.733. The van der Waals surface area contributed by atoms with Crippen LogP contribution in [0.3, 0.4) is 0 Å². The van der Waals surface area contributed by atoms with Gasteiger partial charge in [-0.05, 0) is 19.8 Å². The number of nitrogens with one attached hydrogen (secondary N) is 2. The first kappa shape index (κ1) is 19.6. The minimum atomic E-state index is -0.0664. The fourth-order valence-electron chi connectivity index (χ4n) is 2.31. The van der Waals surface area contributed by atoms with Crippen molar-refractivity contribution in [3.63, 3.8) is 0 Å². The van der Waals surface area contributed by atoms with Crippen LogP contribution in [0.15, 0.2) is 10.4 Å². The molecule has 2 N–H and O–H groups in total. The van der Waals surface area contributed by atoms with Gasteiger partial charge in [0.2, 0.25) is 0 Å². The molecule has 1 atom stereocenters. The smallest absolute Gasteiger partial charge is 0.191 e. The number of guanidine groups is 1. The summed E-state index contributed by atoms with van der Waals surface area (Å²) < 4.78 is 5.77. The highest BCUT2D eigenvalue weighted by atomic mass is 127. The molecule has 0 aliphatic carbocycles. The summed E-state index contributed by atoms with van der Waals surface area (Å²) in [7, 11) is 1.79. The zero-order valence-electron chi connectivity index (χ0n) is 13.8. The largest absolute Gasteiger partial charge is 0.373 e. The molecule has 0 amide bonds. The van der Waals surface area contributed by atoms with Crippen molar-refractivity contribution in [2.45, 2.75) is 51.7 Å². The second kappa shape index (κ2) is 9.02. The number of halogens is 1. The van der Waals surface area contributed by atoms with E-state index < -0.39 is 0 Å². The summed E-state index contributed by atoms with van der Waals surface area (Å²) in [5, 5.41) is 9.94. The average Bonchev–Trinajstić information content (AvgIpc) is 3.08. The van der Waals surface area contributed by atoms with Crippen LogP contribution in [0, 0.1) is 0 Å². The van der Waals surface area contributed by atoms with Crippen LogP contribution in [-0.4, -0.2) is 36.7 Å². The minimum Gasteiger partial charge on any atom is -0.373 e. The highest BCUT2D eigenvalue weighted by molar-refractivity contribution is 14.0. The number of nitrogens with zero attached hydrogens (tertiary/aromatic N) is 2. The number of thiazole rings is 1. The van der Waals surface area contributed by atoms with Crippen molar-refractivity contribution in [3.05, 3.63) is 16.1 Å². The molecule has 0 bridgehead atoms. The number of rotatable bonds is 5. The SMILES string of the molecule is CN=C(NCc1csc(C(C)C)n1)NCC1(C)CCCO1.I. The minimum absolute atomic E-state index is 0. The molecule has 2 rings (SSSR count). The van der Waals surface area contributed by atoms with Gasteiger partial charge in [0.15, 0.2) is 5.96 Å². The molecule has 1 aliphatic heterocycles. The van der Waals surface area contributed by atoms with Gasteiger partial charge in [0.1, 0.15) is 0 Å². The van der Waals surface area contributed by atoms with Crippen molar-refractivity contribution >= 4 is 41.3 Å². The van der Waals surface area contributed by atoms with E-state index in [9.17, 15) is 0 Å². The zero-order valence-corrected chi connectivity index (χ0v) is 17.0. The molecule has 1 aromatic rings. The molecule has 1 aromatic heterocycles. The second-order valence-electron chi connectivity index (χ2n) is 6.01. The van der Waals surface area contributed by atoms with Gasteiger partial charge in [-0.15, -0.1) is 35.3 Å². The molecule has 22 heavy (non-hydrogen) atoms. The van der Waals surface area contributed by atoms with Crippen molar-refractivity contribution in [1.82, 2.24) is 15.6 Å². The van der Waals surface area contributed by atoms with Crippen LogP contribution in [0.4, 0.5) is 0 Å². The number of hydrogen-bond acceptors (Lipinski definition) is 4. The van der Waals surface area contributed by atoms with E-state index in [4.69, 9.17) is 4.74 Å². The predicted octanol–water partition coefficient (Wildman–Crippen LogP) is 3.12. The van der Waals surface area contributed by atoms with Crippen molar-refractivity contribution in [1.29, 1.82) is 0 Å². The van der Waals surface area contributed by atoms with Crippen molar-refractivity contribution in [3.8, 4) is 0 Å². The van der Waals surface area contributed by atoms with Crippen LogP contribution >= 0.6 is 35.3 Å². The molecular formula is C15H27IN4OS. The molecule has 0 radical (unpaired) electrons. The first-order valence-corrected chi connectivity index (χ1v) is 8.43. The fourth-order valence-corrected chi connectivity index (χ4v) is 3.15. The Morgan fingerprint density at radius 1 is 1.50 bits per heavy atom. The molecule has 126 valence electrons. The van der Waals surface area contributed by atoms with Crippen molar-refractivity contribution in [2.75, 3.05) is 20.2 Å². The van der Waals surface area contributed by atoms with Gasteiger partial charge in [-0.2, -0.15) is 0 Å². The van der Waals surface area contributed by atoms with Gasteiger partial charge in [-0.25, -0.2) is 4.98 Å². The summed E-state index contributed by atoms with van der Waals surface area (Å²) in [6.45, 7) is 8.82. The molecule has 0 saturated carbocycles. The zero-order chi connectivity index (χ0) is 15.3. The molecule has 1 unspecified atom stereocenters. The standard InChI is InChI=1S/C15H26N4OS.HI/c1-11(2)13-19-12(9-21-13)8-17-14(16-4)18-10-15(3)6-5-7-20-15;/h9,11H,5-8,10H2,1-4H3,(H2,16,17,18);1H. The predicted molar refractivity (Wildman–Crippen MR) is 103 cm³/mol. The molecule has 5 nitrogen and oxygen atoms in total. The summed E-state index contributed by atoms with van der Waals surface area (Å²) in [5.41, 5.74) is 0.998. The maximum atomic E-state index is 5.77. The molecule has 1 fully saturated rings. The second-order valence-corrected chi connectivity index (χ2v) is 6.90. The molecule has 2 heterocycles. The Hall–Kier alpha value is -0.410.